The fourth-order valence-corrected chi connectivity index (χ4v) is 2.37. The molecule has 5 heteroatoms. The maximum absolute atomic E-state index is 9.22. The molecule has 0 bridgehead atoms. The number of nitrogens with one attached hydrogen (secondary N) is 1. The zero-order chi connectivity index (χ0) is 20.1. The predicted octanol–water partition coefficient (Wildman–Crippen LogP) is 4.14. The number of allylic oxidation sites excluding steroid dienone is 1. The molecule has 1 heterocycles. The van der Waals surface area contributed by atoms with Gasteiger partial charge in [-0.15, -0.1) is 0 Å². The van der Waals surface area contributed by atoms with Gasteiger partial charge in [-0.05, 0) is 31.3 Å². The van der Waals surface area contributed by atoms with E-state index in [4.69, 9.17) is 4.74 Å². The molecule has 0 spiro atoms. The summed E-state index contributed by atoms with van der Waals surface area (Å²) in [7, 11) is 1.75. The fourth-order valence-electron chi connectivity index (χ4n) is 2.37. The van der Waals surface area contributed by atoms with E-state index >= 15 is 0 Å². The van der Waals surface area contributed by atoms with Gasteiger partial charge in [0.1, 0.15) is 0 Å². The lowest BCUT2D eigenvalue weighted by Crippen LogP contribution is -2.39. The number of ether oxygens (including phenoxy) is 1. The van der Waals surface area contributed by atoms with Crippen LogP contribution in [0.1, 0.15) is 74.1 Å². The predicted molar refractivity (Wildman–Crippen MR) is 110 cm³/mol. The molecular weight excluding hydrogens is 314 g/mol. The first-order valence-corrected chi connectivity index (χ1v) is 9.99. The molecule has 1 rings (SSSR count). The van der Waals surface area contributed by atoms with E-state index in [2.05, 4.69) is 35.9 Å². The summed E-state index contributed by atoms with van der Waals surface area (Å²) in [4.78, 5) is 11.7. The van der Waals surface area contributed by atoms with Crippen LogP contribution in [0.2, 0.25) is 0 Å². The Hall–Kier alpha value is -1.23. The third-order valence-electron chi connectivity index (χ3n) is 3.54. The lowest BCUT2D eigenvalue weighted by atomic mass is 9.94. The fraction of sp³-hybridized carbons (Fsp3) is 0.850. The third-order valence-corrected chi connectivity index (χ3v) is 3.54. The van der Waals surface area contributed by atoms with Crippen molar-refractivity contribution in [3.63, 3.8) is 0 Å². The summed E-state index contributed by atoms with van der Waals surface area (Å²) < 4.78 is 5.08. The first kappa shape index (κ1) is 28.6. The summed E-state index contributed by atoms with van der Waals surface area (Å²) >= 11 is 0. The van der Waals surface area contributed by atoms with Crippen molar-refractivity contribution >= 4 is 5.91 Å². The number of amides is 1. The molecule has 1 aliphatic rings. The largest absolute Gasteiger partial charge is 0.383 e. The molecule has 1 saturated heterocycles. The molecule has 0 aromatic heterocycles. The third kappa shape index (κ3) is 18.9. The second kappa shape index (κ2) is 22.8. The number of methoxy groups -OCH3 is 1. The van der Waals surface area contributed by atoms with Gasteiger partial charge in [0.15, 0.2) is 0 Å². The Balaban J connectivity index is -0.000000518. The van der Waals surface area contributed by atoms with Gasteiger partial charge in [0.2, 0.25) is 5.91 Å². The van der Waals surface area contributed by atoms with Crippen molar-refractivity contribution < 1.29 is 9.53 Å². The zero-order valence-corrected chi connectivity index (χ0v) is 18.2. The minimum absolute atomic E-state index is 0.333. The van der Waals surface area contributed by atoms with Crippen molar-refractivity contribution in [2.24, 2.45) is 11.7 Å². The van der Waals surface area contributed by atoms with Gasteiger partial charge in [-0.3, -0.25) is 4.79 Å². The van der Waals surface area contributed by atoms with E-state index in [0.29, 0.717) is 0 Å². The minimum Gasteiger partial charge on any atom is -0.383 e. The molecule has 0 unspecified atom stereocenters. The molecule has 0 saturated carbocycles. The molecule has 0 aromatic carbocycles. The average Bonchev–Trinajstić information content (AvgIpc) is 2.64. The average molecular weight is 360 g/mol. The molecule has 0 aromatic rings. The number of likely N-dealkylation sites (tertiary alicyclic amines) is 1. The van der Waals surface area contributed by atoms with E-state index in [0.717, 1.165) is 25.5 Å². The van der Waals surface area contributed by atoms with Gasteiger partial charge in [0, 0.05) is 33.7 Å². The van der Waals surface area contributed by atoms with Crippen LogP contribution in [-0.2, 0) is 9.53 Å². The minimum atomic E-state index is -0.333. The molecule has 1 fully saturated rings. The quantitative estimate of drug-likeness (QED) is 0.670. The highest BCUT2D eigenvalue weighted by Crippen LogP contribution is 2.21. The van der Waals surface area contributed by atoms with E-state index in [1.807, 2.05) is 27.7 Å². The summed E-state index contributed by atoms with van der Waals surface area (Å²) in [5.74, 6) is 1.91. The molecule has 3 N–H and O–H groups in total. The first-order valence-electron chi connectivity index (χ1n) is 9.99. The lowest BCUT2D eigenvalue weighted by Gasteiger charge is -2.35. The summed E-state index contributed by atoms with van der Waals surface area (Å²) in [6.45, 7) is 17.9. The van der Waals surface area contributed by atoms with Crippen LogP contribution in [0, 0.1) is 5.92 Å². The SMILES string of the molecule is CC.CC.CC(N)=O.CC/C=C(/NCCOC)N1CCC(CC)CC1. The highest BCUT2D eigenvalue weighted by atomic mass is 16.5. The number of carbonyl (C=O) groups is 1. The normalized spacial score (nSPS) is 14.1. The second-order valence-electron chi connectivity index (χ2n) is 5.37. The Kier molecular flexibility index (Phi) is 26.0. The van der Waals surface area contributed by atoms with Gasteiger partial charge in [-0.1, -0.05) is 48.0 Å². The van der Waals surface area contributed by atoms with Gasteiger partial charge in [0.05, 0.1) is 12.4 Å². The molecule has 152 valence electrons. The van der Waals surface area contributed by atoms with E-state index in [9.17, 15) is 4.79 Å². The van der Waals surface area contributed by atoms with Crippen molar-refractivity contribution in [1.82, 2.24) is 10.2 Å². The molecule has 1 aliphatic heterocycles. The Morgan fingerprint density at radius 2 is 1.68 bits per heavy atom. The maximum Gasteiger partial charge on any atom is 0.214 e. The van der Waals surface area contributed by atoms with Crippen molar-refractivity contribution in [2.75, 3.05) is 33.4 Å². The smallest absolute Gasteiger partial charge is 0.214 e. The molecule has 25 heavy (non-hydrogen) atoms. The maximum atomic E-state index is 9.22. The number of nitrogens with zero attached hydrogens (tertiary/aromatic N) is 1. The Labute approximate surface area is 157 Å². The van der Waals surface area contributed by atoms with Crippen LogP contribution in [0.25, 0.3) is 0 Å². The molecule has 0 aliphatic carbocycles. The first-order chi connectivity index (χ1) is 12.0. The Bertz CT molecular complexity index is 295. The van der Waals surface area contributed by atoms with E-state index in [-0.39, 0.29) is 5.91 Å². The highest BCUT2D eigenvalue weighted by Gasteiger charge is 2.18. The van der Waals surface area contributed by atoms with Crippen molar-refractivity contribution in [3.8, 4) is 0 Å². The molecule has 5 nitrogen and oxygen atoms in total. The molecule has 0 radical (unpaired) electrons. The zero-order valence-electron chi connectivity index (χ0n) is 18.2. The monoisotopic (exact) mass is 359 g/mol. The van der Waals surface area contributed by atoms with Gasteiger partial charge >= 0.3 is 0 Å². The topological polar surface area (TPSA) is 67.6 Å². The molecular formula is C20H45N3O2. The van der Waals surface area contributed by atoms with Crippen LogP contribution in [0.4, 0.5) is 0 Å². The second-order valence-corrected chi connectivity index (χ2v) is 5.37. The number of rotatable bonds is 7. The molecule has 1 amide bonds. The number of piperidine rings is 1. The van der Waals surface area contributed by atoms with Gasteiger partial charge in [-0.2, -0.15) is 0 Å². The Morgan fingerprint density at radius 3 is 2.04 bits per heavy atom. The summed E-state index contributed by atoms with van der Waals surface area (Å²) in [5.41, 5.74) is 4.47. The van der Waals surface area contributed by atoms with Crippen LogP contribution < -0.4 is 11.1 Å². The standard InChI is InChI=1S/C14H28N2O.C2H5NO.2C2H6/c1-4-6-14(15-9-12-17-3)16-10-7-13(5-2)8-11-16;1-2(3)4;2*1-2/h6,13,15H,4-5,7-12H2,1-3H3;1H3,(H2,3,4);2*1-2H3/b14-6-;;;. The highest BCUT2D eigenvalue weighted by molar-refractivity contribution is 5.70. The summed E-state index contributed by atoms with van der Waals surface area (Å²) in [6, 6.07) is 0. The van der Waals surface area contributed by atoms with Crippen molar-refractivity contribution in [3.05, 3.63) is 11.9 Å². The van der Waals surface area contributed by atoms with E-state index in [1.165, 1.54) is 45.1 Å². The Morgan fingerprint density at radius 1 is 1.20 bits per heavy atom. The number of hydrogen-bond donors (Lipinski definition) is 2. The van der Waals surface area contributed by atoms with Crippen LogP contribution in [-0.4, -0.2) is 44.2 Å². The van der Waals surface area contributed by atoms with Crippen molar-refractivity contribution in [1.29, 1.82) is 0 Å². The summed E-state index contributed by atoms with van der Waals surface area (Å²) in [5, 5.41) is 3.49. The van der Waals surface area contributed by atoms with Gasteiger partial charge < -0.3 is 20.7 Å². The number of nitrogens with two attached hydrogens (primary N) is 1. The van der Waals surface area contributed by atoms with Crippen LogP contribution >= 0.6 is 0 Å². The van der Waals surface area contributed by atoms with Gasteiger partial charge in [-0.25, -0.2) is 0 Å². The number of carbonyl (C=O) groups excluding carboxylic acids is 1. The number of primary amides is 1. The van der Waals surface area contributed by atoms with E-state index in [1.54, 1.807) is 7.11 Å². The van der Waals surface area contributed by atoms with Crippen molar-refractivity contribution in [2.45, 2.75) is 74.1 Å². The number of hydrogen-bond acceptors (Lipinski definition) is 4. The van der Waals surface area contributed by atoms with Crippen LogP contribution in [0.3, 0.4) is 0 Å². The lowest BCUT2D eigenvalue weighted by molar-refractivity contribution is -0.115. The van der Waals surface area contributed by atoms with Crippen LogP contribution in [0.5, 0.6) is 0 Å². The summed E-state index contributed by atoms with van der Waals surface area (Å²) in [6.07, 6.45) is 7.38. The van der Waals surface area contributed by atoms with Gasteiger partial charge in [0.25, 0.3) is 0 Å². The van der Waals surface area contributed by atoms with Crippen LogP contribution in [0.15, 0.2) is 11.9 Å². The van der Waals surface area contributed by atoms with E-state index < -0.39 is 0 Å². The molecule has 0 atom stereocenters.